The highest BCUT2D eigenvalue weighted by Gasteiger charge is 2.27. The van der Waals surface area contributed by atoms with Crippen molar-refractivity contribution in [2.45, 2.75) is 26.3 Å². The molecule has 76 valence electrons. The standard InChI is InChI=1S/C11H16N2O/c1-8(9-2-3-9)6-13-5-4-11(14)10(12)7-13/h4-5,7-9H,2-3,6,12H2,1H3. The van der Waals surface area contributed by atoms with Crippen molar-refractivity contribution in [2.24, 2.45) is 11.8 Å². The normalized spacial score (nSPS) is 18.1. The van der Waals surface area contributed by atoms with Gasteiger partial charge in [0.25, 0.3) is 0 Å². The monoisotopic (exact) mass is 192 g/mol. The van der Waals surface area contributed by atoms with E-state index in [9.17, 15) is 4.79 Å². The predicted molar refractivity (Wildman–Crippen MR) is 57.0 cm³/mol. The molecule has 1 saturated carbocycles. The molecule has 3 nitrogen and oxygen atoms in total. The lowest BCUT2D eigenvalue weighted by atomic mass is 10.1. The lowest BCUT2D eigenvalue weighted by molar-refractivity contribution is 0.429. The topological polar surface area (TPSA) is 48.0 Å². The molecule has 1 fully saturated rings. The van der Waals surface area contributed by atoms with Crippen LogP contribution in [0, 0.1) is 11.8 Å². The molecule has 0 radical (unpaired) electrons. The molecule has 0 saturated heterocycles. The molecule has 1 aliphatic carbocycles. The summed E-state index contributed by atoms with van der Waals surface area (Å²) in [4.78, 5) is 11.1. The van der Waals surface area contributed by atoms with E-state index in [0.717, 1.165) is 12.5 Å². The van der Waals surface area contributed by atoms with E-state index in [0.29, 0.717) is 11.6 Å². The van der Waals surface area contributed by atoms with Gasteiger partial charge in [-0.05, 0) is 24.7 Å². The molecule has 14 heavy (non-hydrogen) atoms. The zero-order valence-corrected chi connectivity index (χ0v) is 8.44. The van der Waals surface area contributed by atoms with Crippen LogP contribution >= 0.6 is 0 Å². The minimum absolute atomic E-state index is 0.0830. The Balaban J connectivity index is 2.08. The van der Waals surface area contributed by atoms with Gasteiger partial charge >= 0.3 is 0 Å². The van der Waals surface area contributed by atoms with Crippen molar-refractivity contribution >= 4 is 5.69 Å². The Hall–Kier alpha value is -1.25. The van der Waals surface area contributed by atoms with Crippen molar-refractivity contribution in [3.8, 4) is 0 Å². The Morgan fingerprint density at radius 2 is 2.36 bits per heavy atom. The maximum absolute atomic E-state index is 11.1. The van der Waals surface area contributed by atoms with E-state index in [1.165, 1.54) is 18.9 Å². The van der Waals surface area contributed by atoms with Crippen LogP contribution in [0.25, 0.3) is 0 Å². The highest BCUT2D eigenvalue weighted by Crippen LogP contribution is 2.37. The first-order valence-corrected chi connectivity index (χ1v) is 5.12. The first-order valence-electron chi connectivity index (χ1n) is 5.12. The number of anilines is 1. The molecular weight excluding hydrogens is 176 g/mol. The molecule has 1 atom stereocenters. The van der Waals surface area contributed by atoms with Crippen LogP contribution in [0.2, 0.25) is 0 Å². The van der Waals surface area contributed by atoms with Crippen LogP contribution in [0.15, 0.2) is 23.3 Å². The number of hydrogen-bond donors (Lipinski definition) is 1. The fourth-order valence-corrected chi connectivity index (χ4v) is 1.81. The highest BCUT2D eigenvalue weighted by atomic mass is 16.1. The molecule has 2 N–H and O–H groups in total. The minimum atomic E-state index is -0.0830. The maximum Gasteiger partial charge on any atom is 0.204 e. The SMILES string of the molecule is CC(Cn1ccc(=O)c(N)c1)C1CC1. The molecule has 0 aliphatic heterocycles. The highest BCUT2D eigenvalue weighted by molar-refractivity contribution is 5.33. The lowest BCUT2D eigenvalue weighted by Crippen LogP contribution is -2.14. The van der Waals surface area contributed by atoms with Crippen molar-refractivity contribution in [1.82, 2.24) is 4.57 Å². The zero-order chi connectivity index (χ0) is 10.1. The second kappa shape index (κ2) is 3.48. The number of rotatable bonds is 3. The van der Waals surface area contributed by atoms with Crippen LogP contribution < -0.4 is 11.2 Å². The molecule has 0 amide bonds. The van der Waals surface area contributed by atoms with Gasteiger partial charge < -0.3 is 10.3 Å². The fourth-order valence-electron chi connectivity index (χ4n) is 1.81. The summed E-state index contributed by atoms with van der Waals surface area (Å²) < 4.78 is 2.01. The summed E-state index contributed by atoms with van der Waals surface area (Å²) in [5, 5.41) is 0. The third-order valence-corrected chi connectivity index (χ3v) is 2.93. The fraction of sp³-hybridized carbons (Fsp3) is 0.545. The van der Waals surface area contributed by atoms with E-state index in [2.05, 4.69) is 6.92 Å². The summed E-state index contributed by atoms with van der Waals surface area (Å²) >= 11 is 0. The van der Waals surface area contributed by atoms with Gasteiger partial charge in [0.15, 0.2) is 0 Å². The Labute approximate surface area is 83.5 Å². The van der Waals surface area contributed by atoms with Gasteiger partial charge in [-0.25, -0.2) is 0 Å². The van der Waals surface area contributed by atoms with Crippen LogP contribution in [0.1, 0.15) is 19.8 Å². The number of pyridine rings is 1. The van der Waals surface area contributed by atoms with E-state index < -0.39 is 0 Å². The molecule has 1 unspecified atom stereocenters. The summed E-state index contributed by atoms with van der Waals surface area (Å²) in [6, 6.07) is 1.54. The van der Waals surface area contributed by atoms with Gasteiger partial charge in [0.05, 0.1) is 5.69 Å². The van der Waals surface area contributed by atoms with Crippen molar-refractivity contribution in [2.75, 3.05) is 5.73 Å². The molecule has 1 heterocycles. The summed E-state index contributed by atoms with van der Waals surface area (Å²) in [5.41, 5.74) is 5.81. The Morgan fingerprint density at radius 3 is 2.93 bits per heavy atom. The van der Waals surface area contributed by atoms with Crippen LogP contribution in [-0.2, 0) is 6.54 Å². The summed E-state index contributed by atoms with van der Waals surface area (Å²) in [5.74, 6) is 1.58. The number of nitrogens with zero attached hydrogens (tertiary/aromatic N) is 1. The third kappa shape index (κ3) is 1.97. The molecular formula is C11H16N2O. The third-order valence-electron chi connectivity index (χ3n) is 2.93. The number of nitrogen functional groups attached to an aromatic ring is 1. The van der Waals surface area contributed by atoms with E-state index >= 15 is 0 Å². The summed E-state index contributed by atoms with van der Waals surface area (Å²) in [7, 11) is 0. The van der Waals surface area contributed by atoms with Gasteiger partial charge in [-0.1, -0.05) is 6.92 Å². The average Bonchev–Trinajstić information content (AvgIpc) is 2.94. The summed E-state index contributed by atoms with van der Waals surface area (Å²) in [6.45, 7) is 3.22. The van der Waals surface area contributed by atoms with Gasteiger partial charge in [0.2, 0.25) is 5.43 Å². The van der Waals surface area contributed by atoms with E-state index in [-0.39, 0.29) is 5.43 Å². The van der Waals surface area contributed by atoms with Gasteiger partial charge in [-0.15, -0.1) is 0 Å². The molecule has 1 aliphatic rings. The molecule has 1 aromatic rings. The zero-order valence-electron chi connectivity index (χ0n) is 8.44. The number of nitrogens with two attached hydrogens (primary N) is 1. The molecule has 0 bridgehead atoms. The predicted octanol–water partition coefficient (Wildman–Crippen LogP) is 1.48. The van der Waals surface area contributed by atoms with Crippen LogP contribution in [0.5, 0.6) is 0 Å². The number of aromatic nitrogens is 1. The van der Waals surface area contributed by atoms with Crippen molar-refractivity contribution in [3.63, 3.8) is 0 Å². The quantitative estimate of drug-likeness (QED) is 0.788. The minimum Gasteiger partial charge on any atom is -0.394 e. The van der Waals surface area contributed by atoms with E-state index in [4.69, 9.17) is 5.73 Å². The maximum atomic E-state index is 11.1. The Bertz CT molecular complexity index is 379. The molecule has 1 aromatic heterocycles. The molecule has 0 spiro atoms. The Morgan fingerprint density at radius 1 is 1.64 bits per heavy atom. The van der Waals surface area contributed by atoms with Crippen LogP contribution in [0.3, 0.4) is 0 Å². The smallest absolute Gasteiger partial charge is 0.204 e. The first kappa shape index (κ1) is 9.31. The molecule has 0 aromatic carbocycles. The van der Waals surface area contributed by atoms with Crippen molar-refractivity contribution in [1.29, 1.82) is 0 Å². The largest absolute Gasteiger partial charge is 0.394 e. The molecule has 3 heteroatoms. The van der Waals surface area contributed by atoms with Gasteiger partial charge in [0.1, 0.15) is 0 Å². The van der Waals surface area contributed by atoms with Gasteiger partial charge in [0, 0.05) is 25.0 Å². The van der Waals surface area contributed by atoms with Crippen molar-refractivity contribution in [3.05, 3.63) is 28.7 Å². The van der Waals surface area contributed by atoms with Gasteiger partial charge in [-0.2, -0.15) is 0 Å². The van der Waals surface area contributed by atoms with Gasteiger partial charge in [-0.3, -0.25) is 4.79 Å². The Kier molecular flexibility index (Phi) is 2.32. The second-order valence-electron chi connectivity index (χ2n) is 4.28. The van der Waals surface area contributed by atoms with Crippen molar-refractivity contribution < 1.29 is 0 Å². The second-order valence-corrected chi connectivity index (χ2v) is 4.28. The molecule has 2 rings (SSSR count). The average molecular weight is 192 g/mol. The number of hydrogen-bond acceptors (Lipinski definition) is 2. The first-order chi connectivity index (χ1) is 6.66. The van der Waals surface area contributed by atoms with Crippen LogP contribution in [0.4, 0.5) is 5.69 Å². The lowest BCUT2D eigenvalue weighted by Gasteiger charge is -2.12. The van der Waals surface area contributed by atoms with Crippen LogP contribution in [-0.4, -0.2) is 4.57 Å². The van der Waals surface area contributed by atoms with E-state index in [1.54, 1.807) is 6.20 Å². The summed E-state index contributed by atoms with van der Waals surface area (Å²) in [6.07, 6.45) is 6.27. The van der Waals surface area contributed by atoms with E-state index in [1.807, 2.05) is 10.8 Å².